The lowest BCUT2D eigenvalue weighted by Gasteiger charge is -2.16. The molecule has 1 heterocycles. The van der Waals surface area contributed by atoms with E-state index in [1.165, 1.54) is 37.0 Å². The normalized spacial score (nSPS) is 11.1. The molecule has 28 heavy (non-hydrogen) atoms. The Labute approximate surface area is 158 Å². The fourth-order valence-electron chi connectivity index (χ4n) is 2.67. The molecular weight excluding hydrogens is 368 g/mol. The molecule has 0 fully saturated rings. The second kappa shape index (κ2) is 7.47. The minimum absolute atomic E-state index is 0.0381. The van der Waals surface area contributed by atoms with E-state index in [1.807, 2.05) is 0 Å². The van der Waals surface area contributed by atoms with Crippen LogP contribution in [0.1, 0.15) is 0 Å². The highest BCUT2D eigenvalue weighted by Crippen LogP contribution is 2.40. The largest absolute Gasteiger partial charge is 0.454 e. The summed E-state index contributed by atoms with van der Waals surface area (Å²) < 4.78 is 34.1. The third-order valence-electron chi connectivity index (χ3n) is 4.00. The SMILES string of the molecule is CN=Nc1c(N)c(-c2cc(N)ccc2Oc2ccc(F)cc2F)cn(C)c1=O. The summed E-state index contributed by atoms with van der Waals surface area (Å²) in [5.41, 5.74) is 12.8. The van der Waals surface area contributed by atoms with Gasteiger partial charge >= 0.3 is 0 Å². The fraction of sp³-hybridized carbons (Fsp3) is 0.105. The molecular formula is C19H17F2N5O2. The summed E-state index contributed by atoms with van der Waals surface area (Å²) in [5.74, 6) is -1.55. The number of pyridine rings is 1. The van der Waals surface area contributed by atoms with Gasteiger partial charge in [0.05, 0.1) is 5.69 Å². The number of benzene rings is 2. The molecule has 7 nitrogen and oxygen atoms in total. The minimum Gasteiger partial charge on any atom is -0.454 e. The summed E-state index contributed by atoms with van der Waals surface area (Å²) in [6.07, 6.45) is 1.50. The van der Waals surface area contributed by atoms with Crippen molar-refractivity contribution in [3.05, 3.63) is 64.6 Å². The molecule has 0 radical (unpaired) electrons. The van der Waals surface area contributed by atoms with E-state index >= 15 is 0 Å². The first-order valence-corrected chi connectivity index (χ1v) is 8.13. The smallest absolute Gasteiger partial charge is 0.280 e. The standard InChI is InChI=1S/C19H17F2N5O2/c1-24-25-18-17(23)13(9-26(2)19(18)27)12-8-11(22)4-6-15(12)28-16-5-3-10(20)7-14(16)21/h3-9H,22-23H2,1-2H3. The first-order valence-electron chi connectivity index (χ1n) is 8.13. The van der Waals surface area contributed by atoms with Crippen molar-refractivity contribution in [1.29, 1.82) is 0 Å². The van der Waals surface area contributed by atoms with Gasteiger partial charge in [0.2, 0.25) is 0 Å². The van der Waals surface area contributed by atoms with Crippen molar-refractivity contribution in [3.8, 4) is 22.6 Å². The van der Waals surface area contributed by atoms with Gasteiger partial charge in [-0.05, 0) is 30.3 Å². The molecule has 2 aromatic carbocycles. The quantitative estimate of drug-likeness (QED) is 0.523. The van der Waals surface area contributed by atoms with Crippen LogP contribution in [0.3, 0.4) is 0 Å². The average molecular weight is 385 g/mol. The molecule has 0 aliphatic heterocycles. The zero-order valence-corrected chi connectivity index (χ0v) is 15.1. The van der Waals surface area contributed by atoms with E-state index in [9.17, 15) is 13.6 Å². The third-order valence-corrected chi connectivity index (χ3v) is 4.00. The van der Waals surface area contributed by atoms with Crippen molar-refractivity contribution >= 4 is 17.1 Å². The number of aryl methyl sites for hydroxylation is 1. The molecule has 0 saturated carbocycles. The Bertz CT molecular complexity index is 1140. The highest BCUT2D eigenvalue weighted by Gasteiger charge is 2.18. The van der Waals surface area contributed by atoms with Crippen molar-refractivity contribution < 1.29 is 13.5 Å². The second-order valence-electron chi connectivity index (χ2n) is 5.95. The van der Waals surface area contributed by atoms with Crippen LogP contribution in [0.2, 0.25) is 0 Å². The predicted octanol–water partition coefficient (Wildman–Crippen LogP) is 4.00. The molecule has 9 heteroatoms. The Morgan fingerprint density at radius 1 is 1.04 bits per heavy atom. The van der Waals surface area contributed by atoms with Gasteiger partial charge in [0, 0.05) is 43.2 Å². The van der Waals surface area contributed by atoms with Crippen molar-refractivity contribution in [1.82, 2.24) is 4.57 Å². The van der Waals surface area contributed by atoms with Crippen molar-refractivity contribution in [2.45, 2.75) is 0 Å². The zero-order valence-electron chi connectivity index (χ0n) is 15.1. The van der Waals surface area contributed by atoms with E-state index in [4.69, 9.17) is 16.2 Å². The number of azo groups is 1. The van der Waals surface area contributed by atoms with Crippen LogP contribution in [0.4, 0.5) is 25.8 Å². The summed E-state index contributed by atoms with van der Waals surface area (Å²) in [6, 6.07) is 7.62. The topological polar surface area (TPSA) is 108 Å². The number of nitrogens with zero attached hydrogens (tertiary/aromatic N) is 3. The Kier molecular flexibility index (Phi) is 5.08. The van der Waals surface area contributed by atoms with Crippen LogP contribution in [-0.2, 0) is 7.05 Å². The number of nitrogen functional groups attached to an aromatic ring is 2. The number of hydrogen-bond donors (Lipinski definition) is 2. The molecule has 0 aliphatic carbocycles. The summed E-state index contributed by atoms with van der Waals surface area (Å²) >= 11 is 0. The highest BCUT2D eigenvalue weighted by molar-refractivity contribution is 5.87. The average Bonchev–Trinajstić information content (AvgIpc) is 2.65. The molecule has 0 saturated heterocycles. The fourth-order valence-corrected chi connectivity index (χ4v) is 2.67. The van der Waals surface area contributed by atoms with Gasteiger partial charge in [0.1, 0.15) is 11.6 Å². The second-order valence-corrected chi connectivity index (χ2v) is 5.95. The van der Waals surface area contributed by atoms with Crippen molar-refractivity contribution in [3.63, 3.8) is 0 Å². The van der Waals surface area contributed by atoms with Crippen LogP contribution >= 0.6 is 0 Å². The van der Waals surface area contributed by atoms with Gasteiger partial charge in [-0.1, -0.05) is 0 Å². The molecule has 0 bridgehead atoms. The van der Waals surface area contributed by atoms with Gasteiger partial charge in [-0.3, -0.25) is 4.79 Å². The lowest BCUT2D eigenvalue weighted by atomic mass is 10.0. The van der Waals surface area contributed by atoms with Crippen molar-refractivity contribution in [2.24, 2.45) is 17.3 Å². The van der Waals surface area contributed by atoms with Crippen molar-refractivity contribution in [2.75, 3.05) is 18.5 Å². The van der Waals surface area contributed by atoms with Crippen LogP contribution in [0.15, 0.2) is 57.6 Å². The highest BCUT2D eigenvalue weighted by atomic mass is 19.1. The molecule has 144 valence electrons. The maximum atomic E-state index is 14.0. The van der Waals surface area contributed by atoms with Crippen LogP contribution in [0, 0.1) is 11.6 Å². The van der Waals surface area contributed by atoms with Crippen LogP contribution in [0.25, 0.3) is 11.1 Å². The molecule has 3 rings (SSSR count). The van der Waals surface area contributed by atoms with Crippen LogP contribution < -0.4 is 21.8 Å². The van der Waals surface area contributed by atoms with E-state index < -0.39 is 17.2 Å². The van der Waals surface area contributed by atoms with E-state index in [0.717, 1.165) is 6.07 Å². The Morgan fingerprint density at radius 2 is 1.75 bits per heavy atom. The Hall–Kier alpha value is -3.75. The lowest BCUT2D eigenvalue weighted by Crippen LogP contribution is -2.17. The summed E-state index contributed by atoms with van der Waals surface area (Å²) in [5, 5.41) is 7.43. The monoisotopic (exact) mass is 385 g/mol. The number of ether oxygens (including phenoxy) is 1. The van der Waals surface area contributed by atoms with Gasteiger partial charge in [0.25, 0.3) is 5.56 Å². The molecule has 3 aromatic rings. The van der Waals surface area contributed by atoms with Crippen LogP contribution in [0.5, 0.6) is 11.5 Å². The lowest BCUT2D eigenvalue weighted by molar-refractivity contribution is 0.439. The van der Waals surface area contributed by atoms with Gasteiger partial charge < -0.3 is 20.8 Å². The summed E-state index contributed by atoms with van der Waals surface area (Å²) in [4.78, 5) is 12.3. The van der Waals surface area contributed by atoms with Gasteiger partial charge in [-0.2, -0.15) is 5.11 Å². The Morgan fingerprint density at radius 3 is 2.43 bits per heavy atom. The summed E-state index contributed by atoms with van der Waals surface area (Å²) in [6.45, 7) is 0. The minimum atomic E-state index is -0.864. The number of aromatic nitrogens is 1. The molecule has 4 N–H and O–H groups in total. The number of hydrogen-bond acceptors (Lipinski definition) is 6. The predicted molar refractivity (Wildman–Crippen MR) is 103 cm³/mol. The molecule has 0 amide bonds. The van der Waals surface area contributed by atoms with Crippen LogP contribution in [-0.4, -0.2) is 11.6 Å². The van der Waals surface area contributed by atoms with E-state index in [2.05, 4.69) is 10.2 Å². The number of anilines is 2. The molecule has 0 aliphatic rings. The molecule has 0 atom stereocenters. The molecule has 1 aromatic heterocycles. The van der Waals surface area contributed by atoms with Gasteiger partial charge in [-0.25, -0.2) is 8.78 Å². The maximum Gasteiger partial charge on any atom is 0.280 e. The molecule has 0 spiro atoms. The molecule has 0 unspecified atom stereocenters. The first-order chi connectivity index (χ1) is 13.3. The zero-order chi connectivity index (χ0) is 20.4. The maximum absolute atomic E-state index is 14.0. The van der Waals surface area contributed by atoms with E-state index in [0.29, 0.717) is 22.9 Å². The van der Waals surface area contributed by atoms with E-state index in [1.54, 1.807) is 12.1 Å². The van der Waals surface area contributed by atoms with E-state index in [-0.39, 0.29) is 22.9 Å². The number of halogens is 2. The third kappa shape index (κ3) is 3.54. The van der Waals surface area contributed by atoms with Gasteiger partial charge in [0.15, 0.2) is 17.3 Å². The Balaban J connectivity index is 2.21. The number of nitrogens with two attached hydrogens (primary N) is 2. The van der Waals surface area contributed by atoms with Gasteiger partial charge in [-0.15, -0.1) is 5.11 Å². The first kappa shape index (κ1) is 19.0. The summed E-state index contributed by atoms with van der Waals surface area (Å²) in [7, 11) is 2.95. The number of rotatable bonds is 4.